The fraction of sp³-hybridized carbons (Fsp3) is 0.722. The van der Waals surface area contributed by atoms with Gasteiger partial charge in [-0.2, -0.15) is 5.10 Å². The lowest BCUT2D eigenvalue weighted by Gasteiger charge is -2.35. The smallest absolute Gasteiger partial charge is 0.331 e. The van der Waals surface area contributed by atoms with Crippen LogP contribution in [0.2, 0.25) is 0 Å². The first-order valence-electron chi connectivity index (χ1n) is 8.74. The minimum atomic E-state index is -0.905. The summed E-state index contributed by atoms with van der Waals surface area (Å²) in [5, 5.41) is 7.40. The average molecular weight is 335 g/mol. The highest BCUT2D eigenvalue weighted by molar-refractivity contribution is 5.97. The Balaban J connectivity index is 2.25. The van der Waals surface area contributed by atoms with Crippen molar-refractivity contribution >= 4 is 11.9 Å². The summed E-state index contributed by atoms with van der Waals surface area (Å²) < 4.78 is 6.82. The SMILES string of the molecule is CCOC(=O)C1(NC(=O)c2cc(C(C)(C)C)nn2C)CCCCC1. The Bertz CT molecular complexity index is 608. The van der Waals surface area contributed by atoms with Crippen molar-refractivity contribution in [2.45, 2.75) is 70.8 Å². The van der Waals surface area contributed by atoms with E-state index >= 15 is 0 Å². The van der Waals surface area contributed by atoms with Crippen LogP contribution in [0.4, 0.5) is 0 Å². The van der Waals surface area contributed by atoms with Crippen molar-refractivity contribution in [2.24, 2.45) is 7.05 Å². The molecule has 1 saturated carbocycles. The summed E-state index contributed by atoms with van der Waals surface area (Å²) in [7, 11) is 1.75. The molecule has 0 saturated heterocycles. The predicted molar refractivity (Wildman–Crippen MR) is 91.8 cm³/mol. The first kappa shape index (κ1) is 18.5. The highest BCUT2D eigenvalue weighted by Crippen LogP contribution is 2.30. The van der Waals surface area contributed by atoms with Crippen LogP contribution in [-0.2, 0) is 22.0 Å². The zero-order valence-electron chi connectivity index (χ0n) is 15.4. The molecule has 0 aromatic carbocycles. The van der Waals surface area contributed by atoms with E-state index in [0.717, 1.165) is 25.0 Å². The Hall–Kier alpha value is -1.85. The lowest BCUT2D eigenvalue weighted by atomic mass is 9.81. The van der Waals surface area contributed by atoms with Gasteiger partial charge in [-0.05, 0) is 25.8 Å². The van der Waals surface area contributed by atoms with Gasteiger partial charge in [-0.15, -0.1) is 0 Å². The van der Waals surface area contributed by atoms with Crippen LogP contribution in [0.5, 0.6) is 0 Å². The molecule has 2 rings (SSSR count). The number of amides is 1. The number of carbonyl (C=O) groups is 2. The van der Waals surface area contributed by atoms with Crippen LogP contribution in [-0.4, -0.2) is 33.8 Å². The van der Waals surface area contributed by atoms with Crippen LogP contribution >= 0.6 is 0 Å². The highest BCUT2D eigenvalue weighted by Gasteiger charge is 2.42. The first-order valence-corrected chi connectivity index (χ1v) is 8.74. The zero-order chi connectivity index (χ0) is 18.0. The van der Waals surface area contributed by atoms with E-state index in [1.54, 1.807) is 24.7 Å². The van der Waals surface area contributed by atoms with Crippen LogP contribution in [0.25, 0.3) is 0 Å². The number of nitrogens with zero attached hydrogens (tertiary/aromatic N) is 2. The number of esters is 1. The fourth-order valence-electron chi connectivity index (χ4n) is 3.13. The average Bonchev–Trinajstić information content (AvgIpc) is 2.90. The maximum atomic E-state index is 12.8. The van der Waals surface area contributed by atoms with Gasteiger partial charge in [0.25, 0.3) is 5.91 Å². The molecule has 0 radical (unpaired) electrons. The van der Waals surface area contributed by atoms with Crippen molar-refractivity contribution in [3.05, 3.63) is 17.5 Å². The Morgan fingerprint density at radius 3 is 2.42 bits per heavy atom. The number of ether oxygens (including phenoxy) is 1. The van der Waals surface area contributed by atoms with Crippen molar-refractivity contribution in [2.75, 3.05) is 6.61 Å². The molecule has 1 fully saturated rings. The first-order chi connectivity index (χ1) is 11.2. The minimum absolute atomic E-state index is 0.139. The van der Waals surface area contributed by atoms with Crippen molar-refractivity contribution in [1.82, 2.24) is 15.1 Å². The Morgan fingerprint density at radius 2 is 1.92 bits per heavy atom. The number of aryl methyl sites for hydroxylation is 1. The molecule has 6 heteroatoms. The van der Waals surface area contributed by atoms with Crippen molar-refractivity contribution < 1.29 is 14.3 Å². The number of aromatic nitrogens is 2. The summed E-state index contributed by atoms with van der Waals surface area (Å²) in [6.07, 6.45) is 4.16. The molecule has 1 aromatic heterocycles. The molecule has 1 aliphatic carbocycles. The molecule has 0 bridgehead atoms. The molecule has 1 N–H and O–H groups in total. The molecular formula is C18H29N3O3. The molecule has 0 spiro atoms. The maximum Gasteiger partial charge on any atom is 0.331 e. The van der Waals surface area contributed by atoms with Crippen molar-refractivity contribution in [3.8, 4) is 0 Å². The van der Waals surface area contributed by atoms with Gasteiger partial charge in [-0.25, -0.2) is 4.79 Å². The Kier molecular flexibility index (Phi) is 5.35. The molecular weight excluding hydrogens is 306 g/mol. The minimum Gasteiger partial charge on any atom is -0.464 e. The normalized spacial score (nSPS) is 17.4. The number of hydrogen-bond acceptors (Lipinski definition) is 4. The lowest BCUT2D eigenvalue weighted by Crippen LogP contribution is -2.56. The summed E-state index contributed by atoms with van der Waals surface area (Å²) >= 11 is 0. The number of carbonyl (C=O) groups excluding carboxylic acids is 2. The number of nitrogens with one attached hydrogen (secondary N) is 1. The summed E-state index contributed by atoms with van der Waals surface area (Å²) in [5.74, 6) is -0.591. The Labute approximate surface area is 143 Å². The third-order valence-corrected chi connectivity index (χ3v) is 4.61. The van der Waals surface area contributed by atoms with E-state index in [-0.39, 0.29) is 17.3 Å². The predicted octanol–water partition coefficient (Wildman–Crippen LogP) is 2.71. The third kappa shape index (κ3) is 3.79. The van der Waals surface area contributed by atoms with Crippen molar-refractivity contribution in [1.29, 1.82) is 0 Å². The molecule has 0 unspecified atom stereocenters. The summed E-state index contributed by atoms with van der Waals surface area (Å²) in [4.78, 5) is 25.3. The topological polar surface area (TPSA) is 73.2 Å². The molecule has 24 heavy (non-hydrogen) atoms. The van der Waals surface area contributed by atoms with Gasteiger partial charge in [-0.1, -0.05) is 40.0 Å². The van der Waals surface area contributed by atoms with Crippen LogP contribution in [0.15, 0.2) is 6.07 Å². The van der Waals surface area contributed by atoms with Gasteiger partial charge in [0, 0.05) is 12.5 Å². The molecule has 0 aliphatic heterocycles. The molecule has 1 aromatic rings. The van der Waals surface area contributed by atoms with Crippen LogP contribution < -0.4 is 5.32 Å². The summed E-state index contributed by atoms with van der Waals surface area (Å²) in [6.45, 7) is 8.26. The van der Waals surface area contributed by atoms with Gasteiger partial charge in [0.05, 0.1) is 12.3 Å². The third-order valence-electron chi connectivity index (χ3n) is 4.61. The monoisotopic (exact) mass is 335 g/mol. The van der Waals surface area contributed by atoms with E-state index in [2.05, 4.69) is 31.2 Å². The number of hydrogen-bond donors (Lipinski definition) is 1. The van der Waals surface area contributed by atoms with E-state index < -0.39 is 5.54 Å². The van der Waals surface area contributed by atoms with E-state index in [4.69, 9.17) is 4.74 Å². The molecule has 134 valence electrons. The van der Waals surface area contributed by atoms with Gasteiger partial charge >= 0.3 is 5.97 Å². The van der Waals surface area contributed by atoms with Gasteiger partial charge in [-0.3, -0.25) is 9.48 Å². The molecule has 6 nitrogen and oxygen atoms in total. The van der Waals surface area contributed by atoms with E-state index in [0.29, 0.717) is 25.1 Å². The number of rotatable bonds is 4. The van der Waals surface area contributed by atoms with Gasteiger partial charge in [0.15, 0.2) is 0 Å². The molecule has 1 aliphatic rings. The largest absolute Gasteiger partial charge is 0.464 e. The van der Waals surface area contributed by atoms with Gasteiger partial charge < -0.3 is 10.1 Å². The quantitative estimate of drug-likeness (QED) is 0.859. The maximum absolute atomic E-state index is 12.8. The van der Waals surface area contributed by atoms with E-state index in [9.17, 15) is 9.59 Å². The molecule has 0 atom stereocenters. The van der Waals surface area contributed by atoms with Crippen molar-refractivity contribution in [3.63, 3.8) is 0 Å². The second-order valence-electron chi connectivity index (χ2n) is 7.61. The van der Waals surface area contributed by atoms with Crippen LogP contribution in [0.1, 0.15) is 76.0 Å². The second-order valence-corrected chi connectivity index (χ2v) is 7.61. The Morgan fingerprint density at radius 1 is 1.29 bits per heavy atom. The highest BCUT2D eigenvalue weighted by atomic mass is 16.5. The second kappa shape index (κ2) is 6.95. The van der Waals surface area contributed by atoms with Crippen LogP contribution in [0, 0.1) is 0 Å². The molecule has 1 amide bonds. The van der Waals surface area contributed by atoms with E-state index in [1.807, 2.05) is 0 Å². The van der Waals surface area contributed by atoms with Gasteiger partial charge in [0.2, 0.25) is 0 Å². The molecule has 1 heterocycles. The summed E-state index contributed by atoms with van der Waals surface area (Å²) in [5.41, 5.74) is 0.274. The standard InChI is InChI=1S/C18H29N3O3/c1-6-24-16(23)18(10-8-7-9-11-18)19-15(22)13-12-14(17(2,3)4)20-21(13)5/h12H,6-11H2,1-5H3,(H,19,22). The fourth-order valence-corrected chi connectivity index (χ4v) is 3.13. The zero-order valence-corrected chi connectivity index (χ0v) is 15.4. The van der Waals surface area contributed by atoms with Crippen LogP contribution in [0.3, 0.4) is 0 Å². The summed E-state index contributed by atoms with van der Waals surface area (Å²) in [6, 6.07) is 1.80. The lowest BCUT2D eigenvalue weighted by molar-refractivity contribution is -0.152. The van der Waals surface area contributed by atoms with E-state index in [1.165, 1.54) is 0 Å². The van der Waals surface area contributed by atoms with Gasteiger partial charge in [0.1, 0.15) is 11.2 Å².